The number of oxime groups is 1. The Morgan fingerprint density at radius 2 is 2.33 bits per heavy atom. The summed E-state index contributed by atoms with van der Waals surface area (Å²) in [4.78, 5) is 55.1. The van der Waals surface area contributed by atoms with Crippen molar-refractivity contribution >= 4 is 75.0 Å². The molecule has 0 saturated carbocycles. The molecule has 1 fully saturated rings. The van der Waals surface area contributed by atoms with Crippen LogP contribution in [0.2, 0.25) is 0 Å². The van der Waals surface area contributed by atoms with Crippen LogP contribution < -0.4 is 11.1 Å². The Labute approximate surface area is 214 Å². The van der Waals surface area contributed by atoms with Crippen molar-refractivity contribution in [3.05, 3.63) is 34.9 Å². The Hall–Kier alpha value is -3.70. The molecule has 3 aromatic heterocycles. The number of H-pyrrole nitrogens is 1. The van der Waals surface area contributed by atoms with Crippen molar-refractivity contribution in [3.8, 4) is 0 Å². The maximum Gasteiger partial charge on any atom is 0.352 e. The smallest absolute Gasteiger partial charge is 0.352 e. The summed E-state index contributed by atoms with van der Waals surface area (Å²) >= 11 is 3.56. The fourth-order valence-corrected chi connectivity index (χ4v) is 7.38. The van der Waals surface area contributed by atoms with E-state index in [4.69, 9.17) is 5.73 Å². The van der Waals surface area contributed by atoms with Crippen molar-refractivity contribution in [2.24, 2.45) is 5.16 Å². The number of nitrogens with zero attached hydrogens (tertiary/aromatic N) is 6. The first-order chi connectivity index (χ1) is 17.3. The molecule has 2 aliphatic rings. The molecule has 14 nitrogen and oxygen atoms in total. The molecule has 1 unspecified atom stereocenters. The van der Waals surface area contributed by atoms with Crippen LogP contribution in [0.3, 0.4) is 0 Å². The number of aromatic amines is 1. The average molecular weight is 548 g/mol. The topological polar surface area (TPSA) is 202 Å². The van der Waals surface area contributed by atoms with Gasteiger partial charge in [0.05, 0.1) is 29.1 Å². The molecule has 17 heteroatoms. The molecule has 0 aliphatic carbocycles. The quantitative estimate of drug-likeness (QED) is 0.101. The molecule has 2 aliphatic heterocycles. The molecular formula is C19H17N9O5S3. The highest BCUT2D eigenvalue weighted by Gasteiger charge is 2.56. The van der Waals surface area contributed by atoms with Crippen LogP contribution in [0.15, 0.2) is 39.4 Å². The molecular weight excluding hydrogens is 530 g/mol. The van der Waals surface area contributed by atoms with E-state index in [2.05, 4.69) is 40.5 Å². The second-order valence-corrected chi connectivity index (χ2v) is 10.7. The first-order valence-corrected chi connectivity index (χ1v) is 12.9. The normalized spacial score (nSPS) is 21.5. The minimum absolute atomic E-state index is 0.0293. The number of carbonyl (C=O) groups excluding carboxylic acids is 2. The first kappa shape index (κ1) is 24.0. The van der Waals surface area contributed by atoms with E-state index in [1.54, 1.807) is 11.6 Å². The summed E-state index contributed by atoms with van der Waals surface area (Å²) in [6, 6.07) is 0. The minimum atomic E-state index is -1.46. The van der Waals surface area contributed by atoms with Gasteiger partial charge in [-0.25, -0.2) is 19.7 Å². The summed E-state index contributed by atoms with van der Waals surface area (Å²) in [5, 5.41) is 25.9. The number of nitrogens with two attached hydrogens (primary N) is 1. The molecule has 0 spiro atoms. The summed E-state index contributed by atoms with van der Waals surface area (Å²) < 4.78 is 0. The maximum absolute atomic E-state index is 12.9. The number of carboxylic acid groups (broad SMARTS) is 1. The van der Waals surface area contributed by atoms with Crippen LogP contribution in [0.4, 0.5) is 5.13 Å². The number of β-lactam (4-membered cyclic amide) rings is 1. The fraction of sp³-hybridized carbons (Fsp3) is 0.263. The largest absolute Gasteiger partial charge is 0.477 e. The number of amides is 2. The number of carboxylic acids is 1. The number of rotatable bonds is 8. The third-order valence-electron chi connectivity index (χ3n) is 5.39. The summed E-state index contributed by atoms with van der Waals surface area (Å²) in [5.41, 5.74) is 6.77. The number of hydrogen-bond acceptors (Lipinski definition) is 13. The predicted molar refractivity (Wildman–Crippen MR) is 132 cm³/mol. The van der Waals surface area contributed by atoms with E-state index in [1.165, 1.54) is 41.9 Å². The Morgan fingerprint density at radius 3 is 3.03 bits per heavy atom. The van der Waals surface area contributed by atoms with Crippen LogP contribution in [-0.2, 0) is 24.1 Å². The van der Waals surface area contributed by atoms with Gasteiger partial charge < -0.3 is 21.0 Å². The fourth-order valence-electron chi connectivity index (χ4n) is 3.88. The number of nitrogens with one attached hydrogen (secondary N) is 2. The molecule has 5 rings (SSSR count). The van der Waals surface area contributed by atoms with E-state index in [-0.39, 0.29) is 34.5 Å². The van der Waals surface area contributed by atoms with Crippen LogP contribution in [-0.4, -0.2) is 77.4 Å². The van der Waals surface area contributed by atoms with Gasteiger partial charge >= 0.3 is 5.97 Å². The zero-order valence-corrected chi connectivity index (χ0v) is 20.8. The zero-order valence-electron chi connectivity index (χ0n) is 18.4. The van der Waals surface area contributed by atoms with E-state index in [9.17, 15) is 19.5 Å². The maximum atomic E-state index is 12.9. The molecule has 2 atom stereocenters. The van der Waals surface area contributed by atoms with Crippen LogP contribution in [0.5, 0.6) is 0 Å². The number of anilines is 1. The zero-order chi connectivity index (χ0) is 25.4. The average Bonchev–Trinajstić information content (AvgIpc) is 3.50. The summed E-state index contributed by atoms with van der Waals surface area (Å²) in [6.45, 7) is 0. The number of thioether (sulfide) groups is 2. The van der Waals surface area contributed by atoms with Gasteiger partial charge in [0.15, 0.2) is 15.6 Å². The minimum Gasteiger partial charge on any atom is -0.477 e. The standard InChI is InChI=1S/C19H17N9O5S3/c1-33-24-4-11(29)26-19(10-6-35-18(20)25-10)9(14(17(31)32)28-12(30)2-13(28)36-19)5-34-16-8-3-23-27-15(8)21-7-22-16/h3-4,6-7,13H,2,5H2,1H3,(H2,20,25)(H,26,29)(H,31,32)(H,21,22,23,27)/t13-,19?/m0/s1. The number of fused-ring (bicyclic) bond motifs is 2. The van der Waals surface area contributed by atoms with Crippen molar-refractivity contribution in [1.82, 2.24) is 35.4 Å². The lowest BCUT2D eigenvalue weighted by molar-refractivity contribution is -0.146. The highest BCUT2D eigenvalue weighted by atomic mass is 32.2. The Morgan fingerprint density at radius 1 is 1.50 bits per heavy atom. The molecule has 186 valence electrons. The molecule has 0 radical (unpaired) electrons. The summed E-state index contributed by atoms with van der Waals surface area (Å²) in [5.74, 6) is -2.26. The SMILES string of the molecule is CON=CC(=O)NC1(c2csc(N)n2)S[C@H]2CC(=O)N2C(C(=O)O)=C1CSc1ncnc2[nH]ncc12. The number of aromatic nitrogens is 5. The van der Waals surface area contributed by atoms with Crippen LogP contribution in [0.25, 0.3) is 11.0 Å². The molecule has 1 saturated heterocycles. The third-order valence-corrected chi connectivity index (χ3v) is 8.66. The number of hydrogen-bond donors (Lipinski definition) is 4. The lowest BCUT2D eigenvalue weighted by Gasteiger charge is -2.51. The number of nitrogen functional groups attached to an aromatic ring is 1. The molecule has 2 amide bonds. The second kappa shape index (κ2) is 9.40. The van der Waals surface area contributed by atoms with Gasteiger partial charge in [-0.1, -0.05) is 16.9 Å². The van der Waals surface area contributed by atoms with Crippen molar-refractivity contribution in [2.45, 2.75) is 21.7 Å². The summed E-state index contributed by atoms with van der Waals surface area (Å²) in [6.07, 6.45) is 3.96. The van der Waals surface area contributed by atoms with Crippen LogP contribution in [0.1, 0.15) is 12.1 Å². The number of aliphatic carboxylic acids is 1. The molecule has 3 aromatic rings. The monoisotopic (exact) mass is 547 g/mol. The lowest BCUT2D eigenvalue weighted by atomic mass is 9.98. The highest BCUT2D eigenvalue weighted by molar-refractivity contribution is 8.01. The van der Waals surface area contributed by atoms with E-state index < -0.39 is 22.1 Å². The predicted octanol–water partition coefficient (Wildman–Crippen LogP) is 0.729. The molecule has 36 heavy (non-hydrogen) atoms. The van der Waals surface area contributed by atoms with E-state index in [0.29, 0.717) is 21.8 Å². The van der Waals surface area contributed by atoms with Gasteiger partial charge in [-0.15, -0.1) is 23.1 Å². The van der Waals surface area contributed by atoms with Gasteiger partial charge in [0, 0.05) is 16.7 Å². The lowest BCUT2D eigenvalue weighted by Crippen LogP contribution is -2.61. The highest BCUT2D eigenvalue weighted by Crippen LogP contribution is 2.55. The summed E-state index contributed by atoms with van der Waals surface area (Å²) in [7, 11) is 1.29. The number of thiazole rings is 1. The number of carbonyl (C=O) groups is 3. The van der Waals surface area contributed by atoms with E-state index >= 15 is 0 Å². The van der Waals surface area contributed by atoms with Gasteiger partial charge in [-0.2, -0.15) is 5.10 Å². The molecule has 5 heterocycles. The van der Waals surface area contributed by atoms with Crippen LogP contribution in [0, 0.1) is 0 Å². The second-order valence-electron chi connectivity index (χ2n) is 7.43. The molecule has 0 aromatic carbocycles. The Balaban J connectivity index is 1.66. The Kier molecular flexibility index (Phi) is 6.27. The third kappa shape index (κ3) is 4.03. The van der Waals surface area contributed by atoms with Crippen molar-refractivity contribution in [1.29, 1.82) is 0 Å². The van der Waals surface area contributed by atoms with Gasteiger partial charge in [0.1, 0.15) is 30.4 Å². The van der Waals surface area contributed by atoms with Crippen molar-refractivity contribution in [2.75, 3.05) is 18.6 Å². The van der Waals surface area contributed by atoms with Crippen molar-refractivity contribution in [3.63, 3.8) is 0 Å². The molecule has 0 bridgehead atoms. The van der Waals surface area contributed by atoms with Crippen molar-refractivity contribution < 1.29 is 24.3 Å². The van der Waals surface area contributed by atoms with Gasteiger partial charge in [-0.05, 0) is 0 Å². The Bertz CT molecular complexity index is 1440. The van der Waals surface area contributed by atoms with Gasteiger partial charge in [-0.3, -0.25) is 19.6 Å². The van der Waals surface area contributed by atoms with Crippen LogP contribution >= 0.6 is 34.9 Å². The van der Waals surface area contributed by atoms with E-state index in [1.807, 2.05) is 0 Å². The van der Waals surface area contributed by atoms with E-state index in [0.717, 1.165) is 17.6 Å². The van der Waals surface area contributed by atoms with Gasteiger partial charge in [0.25, 0.3) is 5.91 Å². The van der Waals surface area contributed by atoms with Gasteiger partial charge in [0.2, 0.25) is 5.91 Å². The first-order valence-electron chi connectivity index (χ1n) is 10.2. The molecule has 5 N–H and O–H groups in total.